The normalized spacial score (nSPS) is 27.0. The molecule has 5 heteroatoms. The molecule has 1 aromatic rings. The summed E-state index contributed by atoms with van der Waals surface area (Å²) in [7, 11) is 1.68. The molecule has 2 atom stereocenters. The van der Waals surface area contributed by atoms with E-state index >= 15 is 0 Å². The summed E-state index contributed by atoms with van der Waals surface area (Å²) in [6.45, 7) is 0.183. The lowest BCUT2D eigenvalue weighted by atomic mass is 9.89. The van der Waals surface area contributed by atoms with E-state index in [-0.39, 0.29) is 12.5 Å². The van der Waals surface area contributed by atoms with Crippen molar-refractivity contribution >= 4 is 5.91 Å². The van der Waals surface area contributed by atoms with Crippen molar-refractivity contribution in [1.29, 1.82) is 0 Å². The summed E-state index contributed by atoms with van der Waals surface area (Å²) in [5, 5.41) is 3.57. The summed E-state index contributed by atoms with van der Waals surface area (Å²) in [6.07, 6.45) is 5.06. The molecule has 0 spiro atoms. The Morgan fingerprint density at radius 2 is 1.95 bits per heavy atom. The average Bonchev–Trinajstić information content (AvgIpc) is 2.81. The quantitative estimate of drug-likeness (QED) is 0.927. The zero-order chi connectivity index (χ0) is 15.7. The number of nitrogens with one attached hydrogen (secondary N) is 1. The van der Waals surface area contributed by atoms with Crippen LogP contribution in [0, 0.1) is 17.6 Å². The van der Waals surface area contributed by atoms with Crippen molar-refractivity contribution in [2.45, 2.75) is 50.7 Å². The van der Waals surface area contributed by atoms with E-state index in [2.05, 4.69) is 5.32 Å². The highest BCUT2D eigenvalue weighted by molar-refractivity contribution is 5.76. The van der Waals surface area contributed by atoms with Crippen molar-refractivity contribution in [3.05, 3.63) is 35.4 Å². The minimum atomic E-state index is -0.598. The molecule has 2 saturated heterocycles. The molecular weight excluding hydrogens is 286 g/mol. The minimum Gasteiger partial charge on any atom is -0.341 e. The highest BCUT2D eigenvalue weighted by atomic mass is 19.1. The van der Waals surface area contributed by atoms with Gasteiger partial charge in [0, 0.05) is 43.7 Å². The Kier molecular flexibility index (Phi) is 4.43. The fraction of sp³-hybridized carbons (Fsp3) is 0.588. The van der Waals surface area contributed by atoms with Gasteiger partial charge in [0.2, 0.25) is 5.91 Å². The topological polar surface area (TPSA) is 32.3 Å². The number of amides is 1. The molecule has 22 heavy (non-hydrogen) atoms. The van der Waals surface area contributed by atoms with E-state index in [1.54, 1.807) is 11.9 Å². The Hall–Kier alpha value is -1.49. The number of piperidine rings is 1. The molecular formula is C17H22F2N2O. The average molecular weight is 308 g/mol. The number of halogens is 2. The highest BCUT2D eigenvalue weighted by Crippen LogP contribution is 2.33. The maximum Gasteiger partial charge on any atom is 0.222 e. The Balaban J connectivity index is 1.55. The molecule has 1 aromatic carbocycles. The molecule has 3 rings (SSSR count). The summed E-state index contributed by atoms with van der Waals surface area (Å²) < 4.78 is 26.6. The first kappa shape index (κ1) is 15.4. The van der Waals surface area contributed by atoms with Gasteiger partial charge in [-0.1, -0.05) is 6.07 Å². The number of rotatable bonds is 4. The van der Waals surface area contributed by atoms with Crippen molar-refractivity contribution in [3.63, 3.8) is 0 Å². The summed E-state index contributed by atoms with van der Waals surface area (Å²) >= 11 is 0. The first-order chi connectivity index (χ1) is 10.5. The molecule has 0 saturated carbocycles. The maximum atomic E-state index is 13.7. The maximum absolute atomic E-state index is 13.7. The highest BCUT2D eigenvalue weighted by Gasteiger charge is 2.34. The standard InChI is InChI=1S/C17H22F2N2O/c1-21(10-12-2-3-13(18)9-16(12)19)17(22)8-11-6-14-4-5-15(7-11)20-14/h2-3,9,11,14-15,20H,4-8,10H2,1H3. The second-order valence-corrected chi connectivity index (χ2v) is 6.66. The van der Waals surface area contributed by atoms with Gasteiger partial charge in [-0.2, -0.15) is 0 Å². The number of carbonyl (C=O) groups excluding carboxylic acids is 1. The first-order valence-electron chi connectivity index (χ1n) is 7.95. The first-order valence-corrected chi connectivity index (χ1v) is 7.95. The Morgan fingerprint density at radius 3 is 2.59 bits per heavy atom. The van der Waals surface area contributed by atoms with E-state index in [0.29, 0.717) is 30.0 Å². The second-order valence-electron chi connectivity index (χ2n) is 6.66. The van der Waals surface area contributed by atoms with E-state index < -0.39 is 11.6 Å². The molecule has 2 heterocycles. The fourth-order valence-corrected chi connectivity index (χ4v) is 3.74. The lowest BCUT2D eigenvalue weighted by molar-refractivity contribution is -0.131. The van der Waals surface area contributed by atoms with Crippen molar-refractivity contribution in [1.82, 2.24) is 10.2 Å². The molecule has 2 bridgehead atoms. The third-order valence-electron chi connectivity index (χ3n) is 4.88. The largest absolute Gasteiger partial charge is 0.341 e. The van der Waals surface area contributed by atoms with Crippen molar-refractivity contribution < 1.29 is 13.6 Å². The van der Waals surface area contributed by atoms with Crippen LogP contribution in [-0.4, -0.2) is 29.9 Å². The van der Waals surface area contributed by atoms with E-state index in [1.165, 1.54) is 25.0 Å². The van der Waals surface area contributed by atoms with Crippen molar-refractivity contribution in [3.8, 4) is 0 Å². The Bertz CT molecular complexity index is 552. The number of fused-ring (bicyclic) bond motifs is 2. The fourth-order valence-electron chi connectivity index (χ4n) is 3.74. The summed E-state index contributed by atoms with van der Waals surface area (Å²) in [6, 6.07) is 4.62. The zero-order valence-electron chi connectivity index (χ0n) is 12.8. The predicted molar refractivity (Wildman–Crippen MR) is 80.1 cm³/mol. The van der Waals surface area contributed by atoms with Crippen LogP contribution in [0.4, 0.5) is 8.78 Å². The van der Waals surface area contributed by atoms with Gasteiger partial charge in [-0.25, -0.2) is 8.78 Å². The van der Waals surface area contributed by atoms with Crippen molar-refractivity contribution in [2.75, 3.05) is 7.05 Å². The number of nitrogens with zero attached hydrogens (tertiary/aromatic N) is 1. The van der Waals surface area contributed by atoms with E-state index in [9.17, 15) is 13.6 Å². The van der Waals surface area contributed by atoms with Gasteiger partial charge in [-0.3, -0.25) is 4.79 Å². The van der Waals surface area contributed by atoms with Gasteiger partial charge in [0.15, 0.2) is 0 Å². The summed E-state index contributed by atoms with van der Waals surface area (Å²) in [4.78, 5) is 13.9. The number of carbonyl (C=O) groups is 1. The second kappa shape index (κ2) is 6.32. The molecule has 0 radical (unpaired) electrons. The lowest BCUT2D eigenvalue weighted by Gasteiger charge is -2.30. The molecule has 2 aliphatic rings. The third-order valence-corrected chi connectivity index (χ3v) is 4.88. The number of benzene rings is 1. The Morgan fingerprint density at radius 1 is 1.27 bits per heavy atom. The van der Waals surface area contributed by atoms with E-state index in [1.807, 2.05) is 0 Å². The molecule has 2 unspecified atom stereocenters. The van der Waals surface area contributed by atoms with Gasteiger partial charge >= 0.3 is 0 Å². The SMILES string of the molecule is CN(Cc1ccc(F)cc1F)C(=O)CC1CC2CCC(C1)N2. The molecule has 0 aliphatic carbocycles. The summed E-state index contributed by atoms with van der Waals surface area (Å²) in [5.74, 6) is -0.734. The monoisotopic (exact) mass is 308 g/mol. The molecule has 0 aromatic heterocycles. The third kappa shape index (κ3) is 3.46. The lowest BCUT2D eigenvalue weighted by Crippen LogP contribution is -2.40. The van der Waals surface area contributed by atoms with Gasteiger partial charge in [0.1, 0.15) is 11.6 Å². The van der Waals surface area contributed by atoms with Crippen LogP contribution in [0.25, 0.3) is 0 Å². The van der Waals surface area contributed by atoms with Crippen LogP contribution in [0.3, 0.4) is 0 Å². The smallest absolute Gasteiger partial charge is 0.222 e. The van der Waals surface area contributed by atoms with Crippen LogP contribution >= 0.6 is 0 Å². The van der Waals surface area contributed by atoms with Gasteiger partial charge in [-0.15, -0.1) is 0 Å². The van der Waals surface area contributed by atoms with E-state index in [0.717, 1.165) is 18.9 Å². The van der Waals surface area contributed by atoms with Gasteiger partial charge in [0.25, 0.3) is 0 Å². The van der Waals surface area contributed by atoms with Crippen LogP contribution < -0.4 is 5.32 Å². The van der Waals surface area contributed by atoms with Crippen LogP contribution in [-0.2, 0) is 11.3 Å². The molecule has 3 nitrogen and oxygen atoms in total. The van der Waals surface area contributed by atoms with Gasteiger partial charge < -0.3 is 10.2 Å². The molecule has 120 valence electrons. The Labute approximate surface area is 129 Å². The van der Waals surface area contributed by atoms with Crippen LogP contribution in [0.15, 0.2) is 18.2 Å². The molecule has 1 amide bonds. The minimum absolute atomic E-state index is 0.0371. The van der Waals surface area contributed by atoms with Gasteiger partial charge in [0.05, 0.1) is 0 Å². The number of hydrogen-bond donors (Lipinski definition) is 1. The van der Waals surface area contributed by atoms with Crippen molar-refractivity contribution in [2.24, 2.45) is 5.92 Å². The van der Waals surface area contributed by atoms with Crippen LogP contribution in [0.5, 0.6) is 0 Å². The van der Waals surface area contributed by atoms with Gasteiger partial charge in [-0.05, 0) is 37.7 Å². The molecule has 2 aliphatic heterocycles. The predicted octanol–water partition coefficient (Wildman–Crippen LogP) is 2.84. The molecule has 2 fully saturated rings. The van der Waals surface area contributed by atoms with Crippen LogP contribution in [0.2, 0.25) is 0 Å². The summed E-state index contributed by atoms with van der Waals surface area (Å²) in [5.41, 5.74) is 0.350. The zero-order valence-corrected chi connectivity index (χ0v) is 12.8. The van der Waals surface area contributed by atoms with E-state index in [4.69, 9.17) is 0 Å². The number of hydrogen-bond acceptors (Lipinski definition) is 2. The molecule has 1 N–H and O–H groups in total. The van der Waals surface area contributed by atoms with Crippen LogP contribution in [0.1, 0.15) is 37.7 Å².